The highest BCUT2D eigenvalue weighted by Gasteiger charge is 2.34. The molecule has 3 rings (SSSR count). The van der Waals surface area contributed by atoms with E-state index in [1.54, 1.807) is 4.90 Å². The van der Waals surface area contributed by atoms with E-state index in [9.17, 15) is 14.4 Å². The van der Waals surface area contributed by atoms with E-state index in [0.29, 0.717) is 32.4 Å². The smallest absolute Gasteiger partial charge is 0.253 e. The number of nitrogens with one attached hydrogen (secondary N) is 1. The van der Waals surface area contributed by atoms with Gasteiger partial charge in [-0.2, -0.15) is 0 Å². The molecule has 0 spiro atoms. The highest BCUT2D eigenvalue weighted by Crippen LogP contribution is 2.23. The van der Waals surface area contributed by atoms with Crippen LogP contribution in [-0.2, 0) is 20.8 Å². The van der Waals surface area contributed by atoms with Gasteiger partial charge in [-0.15, -0.1) is 0 Å². The third-order valence-electron chi connectivity index (χ3n) is 5.92. The molecule has 0 saturated carbocycles. The Morgan fingerprint density at radius 3 is 2.17 bits per heavy atom. The van der Waals surface area contributed by atoms with Crippen molar-refractivity contribution in [3.05, 3.63) is 35.9 Å². The van der Waals surface area contributed by atoms with E-state index in [-0.39, 0.29) is 17.7 Å². The number of nitrogens with zero attached hydrogens (tertiary/aromatic N) is 2. The molecule has 2 aliphatic rings. The second-order valence-corrected chi connectivity index (χ2v) is 9.13. The molecule has 8 heteroatoms. The molecule has 0 aliphatic carbocycles. The van der Waals surface area contributed by atoms with Gasteiger partial charge in [0.15, 0.2) is 4.84 Å². The first-order valence-electron chi connectivity index (χ1n) is 10.7. The summed E-state index contributed by atoms with van der Waals surface area (Å²) in [4.78, 5) is 40.5. The zero-order chi connectivity index (χ0) is 21.5. The molecule has 0 bridgehead atoms. The van der Waals surface area contributed by atoms with E-state index in [1.807, 2.05) is 35.2 Å². The van der Waals surface area contributed by atoms with E-state index >= 15 is 0 Å². The molecule has 30 heavy (non-hydrogen) atoms. The largest absolute Gasteiger partial charge is 0.342 e. The molecule has 2 heterocycles. The summed E-state index contributed by atoms with van der Waals surface area (Å²) in [6.07, 6.45) is 5.01. The Kier molecular flexibility index (Phi) is 8.40. The summed E-state index contributed by atoms with van der Waals surface area (Å²) in [7, 11) is 0. The lowest BCUT2D eigenvalue weighted by atomic mass is 9.93. The Morgan fingerprint density at radius 2 is 1.57 bits per heavy atom. The number of hydrogen-bond acceptors (Lipinski definition) is 3. The van der Waals surface area contributed by atoms with Crippen molar-refractivity contribution in [2.45, 2.75) is 49.4 Å². The zero-order valence-corrected chi connectivity index (χ0v) is 18.6. The van der Waals surface area contributed by atoms with E-state index in [2.05, 4.69) is 5.32 Å². The summed E-state index contributed by atoms with van der Waals surface area (Å²) < 4.78 is 0. The second-order valence-electron chi connectivity index (χ2n) is 8.04. The number of piperidine rings is 2. The SMILES string of the molecule is O=C(N[C@H](Cc1ccccc1)C(=O)N1CCC(C(=O)N2CCCCC2)CC1)C(Cl)Cl. The normalized spacial score (nSPS) is 18.9. The van der Waals surface area contributed by atoms with Gasteiger partial charge in [0.1, 0.15) is 6.04 Å². The average Bonchev–Trinajstić information content (AvgIpc) is 2.79. The Hall–Kier alpha value is -1.79. The van der Waals surface area contributed by atoms with Crippen LogP contribution < -0.4 is 5.32 Å². The summed E-state index contributed by atoms with van der Waals surface area (Å²) >= 11 is 11.4. The van der Waals surface area contributed by atoms with Gasteiger partial charge < -0.3 is 15.1 Å². The second kappa shape index (κ2) is 11.0. The molecule has 2 saturated heterocycles. The van der Waals surface area contributed by atoms with Crippen LogP contribution in [0.4, 0.5) is 0 Å². The summed E-state index contributed by atoms with van der Waals surface area (Å²) in [5, 5.41) is 2.68. The van der Waals surface area contributed by atoms with Gasteiger partial charge >= 0.3 is 0 Å². The molecule has 164 valence electrons. The van der Waals surface area contributed by atoms with Crippen LogP contribution in [0.1, 0.15) is 37.7 Å². The van der Waals surface area contributed by atoms with Gasteiger partial charge in [-0.05, 0) is 37.7 Å². The fourth-order valence-electron chi connectivity index (χ4n) is 4.22. The predicted molar refractivity (Wildman–Crippen MR) is 117 cm³/mol. The van der Waals surface area contributed by atoms with Crippen molar-refractivity contribution in [3.63, 3.8) is 0 Å². The van der Waals surface area contributed by atoms with E-state index in [1.165, 1.54) is 6.42 Å². The van der Waals surface area contributed by atoms with Gasteiger partial charge in [0.2, 0.25) is 11.8 Å². The van der Waals surface area contributed by atoms with E-state index in [0.717, 1.165) is 31.5 Å². The maximum atomic E-state index is 13.2. The molecule has 2 fully saturated rings. The topological polar surface area (TPSA) is 69.7 Å². The van der Waals surface area contributed by atoms with Crippen LogP contribution in [-0.4, -0.2) is 64.6 Å². The van der Waals surface area contributed by atoms with Gasteiger partial charge in [-0.25, -0.2) is 0 Å². The highest BCUT2D eigenvalue weighted by atomic mass is 35.5. The number of hydrogen-bond donors (Lipinski definition) is 1. The molecule has 2 aliphatic heterocycles. The fourth-order valence-corrected chi connectivity index (χ4v) is 4.35. The van der Waals surface area contributed by atoms with Crippen LogP contribution in [0.25, 0.3) is 0 Å². The highest BCUT2D eigenvalue weighted by molar-refractivity contribution is 6.53. The van der Waals surface area contributed by atoms with Crippen molar-refractivity contribution in [1.29, 1.82) is 0 Å². The number of halogens is 2. The van der Waals surface area contributed by atoms with Gasteiger partial charge in [0.05, 0.1) is 0 Å². The number of alkyl halides is 2. The molecule has 3 amide bonds. The number of rotatable bonds is 6. The van der Waals surface area contributed by atoms with Gasteiger partial charge in [0.25, 0.3) is 5.91 Å². The zero-order valence-electron chi connectivity index (χ0n) is 17.1. The molecule has 1 aromatic rings. The third kappa shape index (κ3) is 6.11. The maximum absolute atomic E-state index is 13.2. The van der Waals surface area contributed by atoms with Crippen molar-refractivity contribution in [2.24, 2.45) is 5.92 Å². The first-order chi connectivity index (χ1) is 14.5. The standard InChI is InChI=1S/C22H29Cl2N3O3/c23-19(24)20(28)25-18(15-16-7-3-1-4-8-16)22(30)27-13-9-17(10-14-27)21(29)26-11-5-2-6-12-26/h1,3-4,7-8,17-19H,2,5-6,9-15H2,(H,25,28)/t18-/m1/s1. The van der Waals surface area contributed by atoms with Crippen LogP contribution in [0.3, 0.4) is 0 Å². The Labute approximate surface area is 187 Å². The minimum Gasteiger partial charge on any atom is -0.342 e. The molecule has 1 N–H and O–H groups in total. The minimum absolute atomic E-state index is 0.0237. The molecule has 6 nitrogen and oxygen atoms in total. The minimum atomic E-state index is -1.23. The molecular weight excluding hydrogens is 425 g/mol. The van der Waals surface area contributed by atoms with Crippen LogP contribution in [0.15, 0.2) is 30.3 Å². The molecule has 0 radical (unpaired) electrons. The lowest BCUT2D eigenvalue weighted by Crippen LogP contribution is -2.53. The molecule has 0 aromatic heterocycles. The summed E-state index contributed by atoms with van der Waals surface area (Å²) in [6, 6.07) is 8.76. The molecule has 0 unspecified atom stereocenters. The predicted octanol–water partition coefficient (Wildman–Crippen LogP) is 2.77. The monoisotopic (exact) mass is 453 g/mol. The molecule has 1 atom stereocenters. The van der Waals surface area contributed by atoms with E-state index in [4.69, 9.17) is 23.2 Å². The summed E-state index contributed by atoms with van der Waals surface area (Å²) in [5.41, 5.74) is 0.937. The lowest BCUT2D eigenvalue weighted by Gasteiger charge is -2.37. The van der Waals surface area contributed by atoms with Crippen molar-refractivity contribution < 1.29 is 14.4 Å². The average molecular weight is 454 g/mol. The van der Waals surface area contributed by atoms with Crippen LogP contribution in [0.5, 0.6) is 0 Å². The van der Waals surface area contributed by atoms with Crippen molar-refractivity contribution in [1.82, 2.24) is 15.1 Å². The first kappa shape index (κ1) is 22.9. The quantitative estimate of drug-likeness (QED) is 0.673. The number of carbonyl (C=O) groups excluding carboxylic acids is 3. The van der Waals surface area contributed by atoms with Gasteiger partial charge in [-0.1, -0.05) is 53.5 Å². The van der Waals surface area contributed by atoms with Crippen molar-refractivity contribution >= 4 is 40.9 Å². The summed E-state index contributed by atoms with van der Waals surface area (Å²) in [5.74, 6) is -0.541. The number of carbonyl (C=O) groups is 3. The van der Waals surface area contributed by atoms with Crippen LogP contribution in [0.2, 0.25) is 0 Å². The van der Waals surface area contributed by atoms with E-state index < -0.39 is 16.8 Å². The maximum Gasteiger partial charge on any atom is 0.253 e. The first-order valence-corrected chi connectivity index (χ1v) is 11.5. The van der Waals surface area contributed by atoms with Gasteiger partial charge in [-0.3, -0.25) is 14.4 Å². The molecular formula is C22H29Cl2N3O3. The number of likely N-dealkylation sites (tertiary alicyclic amines) is 2. The Balaban J connectivity index is 1.60. The fraction of sp³-hybridized carbons (Fsp3) is 0.591. The van der Waals surface area contributed by atoms with Crippen LogP contribution >= 0.6 is 23.2 Å². The Bertz CT molecular complexity index is 730. The van der Waals surface area contributed by atoms with Crippen molar-refractivity contribution in [3.8, 4) is 0 Å². The number of benzene rings is 1. The molecule has 1 aromatic carbocycles. The lowest BCUT2D eigenvalue weighted by molar-refractivity contribution is -0.142. The Morgan fingerprint density at radius 1 is 0.933 bits per heavy atom. The van der Waals surface area contributed by atoms with Gasteiger partial charge in [0, 0.05) is 38.5 Å². The van der Waals surface area contributed by atoms with Crippen LogP contribution in [0, 0.1) is 5.92 Å². The van der Waals surface area contributed by atoms with Crippen molar-refractivity contribution in [2.75, 3.05) is 26.2 Å². The summed E-state index contributed by atoms with van der Waals surface area (Å²) in [6.45, 7) is 2.72. The third-order valence-corrected chi connectivity index (χ3v) is 6.32. The number of amides is 3.